The Bertz CT molecular complexity index is 627. The van der Waals surface area contributed by atoms with Crippen molar-refractivity contribution in [2.45, 2.75) is 45.3 Å². The number of para-hydroxylation sites is 2. The van der Waals surface area contributed by atoms with Gasteiger partial charge in [-0.1, -0.05) is 12.1 Å². The second kappa shape index (κ2) is 8.88. The fourth-order valence-electron chi connectivity index (χ4n) is 1.90. The number of hydrogen-bond acceptors (Lipinski definition) is 6. The van der Waals surface area contributed by atoms with Crippen LogP contribution in [0.25, 0.3) is 0 Å². The summed E-state index contributed by atoms with van der Waals surface area (Å²) < 4.78 is 5.05. The summed E-state index contributed by atoms with van der Waals surface area (Å²) in [6.45, 7) is 5.02. The van der Waals surface area contributed by atoms with E-state index in [1.165, 1.54) is 5.48 Å². The number of amides is 3. The molecule has 3 amide bonds. The van der Waals surface area contributed by atoms with Crippen molar-refractivity contribution in [3.63, 3.8) is 0 Å². The number of ether oxygens (including phenoxy) is 1. The van der Waals surface area contributed by atoms with E-state index in [-0.39, 0.29) is 18.7 Å². The first-order valence-electron chi connectivity index (χ1n) is 7.70. The average molecular weight is 352 g/mol. The Morgan fingerprint density at radius 1 is 1.24 bits per heavy atom. The molecule has 9 heteroatoms. The third-order valence-corrected chi connectivity index (χ3v) is 3.01. The Morgan fingerprint density at radius 2 is 1.88 bits per heavy atom. The molecule has 0 fully saturated rings. The van der Waals surface area contributed by atoms with Gasteiger partial charge in [-0.05, 0) is 39.3 Å². The monoisotopic (exact) mass is 352 g/mol. The Balaban J connectivity index is 2.61. The van der Waals surface area contributed by atoms with Crippen LogP contribution in [0.1, 0.15) is 33.6 Å². The van der Waals surface area contributed by atoms with E-state index in [0.29, 0.717) is 11.4 Å². The maximum absolute atomic E-state index is 12.0. The molecule has 1 rings (SSSR count). The number of nitrogen functional groups attached to an aromatic ring is 1. The molecule has 0 aromatic heterocycles. The zero-order valence-corrected chi connectivity index (χ0v) is 14.5. The van der Waals surface area contributed by atoms with E-state index in [4.69, 9.17) is 15.7 Å². The van der Waals surface area contributed by atoms with Gasteiger partial charge in [0, 0.05) is 6.42 Å². The van der Waals surface area contributed by atoms with Crippen LogP contribution < -0.4 is 21.8 Å². The lowest BCUT2D eigenvalue weighted by atomic mass is 10.1. The number of hydroxylamine groups is 1. The van der Waals surface area contributed by atoms with Gasteiger partial charge in [0.1, 0.15) is 11.6 Å². The van der Waals surface area contributed by atoms with Crippen molar-refractivity contribution in [2.24, 2.45) is 0 Å². The summed E-state index contributed by atoms with van der Waals surface area (Å²) in [5, 5.41) is 13.7. The molecule has 25 heavy (non-hydrogen) atoms. The van der Waals surface area contributed by atoms with Crippen LogP contribution in [0, 0.1) is 0 Å². The Morgan fingerprint density at radius 3 is 2.44 bits per heavy atom. The molecule has 0 saturated carbocycles. The van der Waals surface area contributed by atoms with Crippen molar-refractivity contribution >= 4 is 29.3 Å². The van der Waals surface area contributed by atoms with Crippen LogP contribution >= 0.6 is 0 Å². The molecule has 0 aliphatic rings. The molecule has 0 aliphatic carbocycles. The van der Waals surface area contributed by atoms with E-state index < -0.39 is 23.6 Å². The van der Waals surface area contributed by atoms with Gasteiger partial charge in [-0.2, -0.15) is 0 Å². The molecule has 1 unspecified atom stereocenters. The molecule has 9 nitrogen and oxygen atoms in total. The second-order valence-corrected chi connectivity index (χ2v) is 6.35. The number of rotatable bonds is 6. The largest absolute Gasteiger partial charge is 0.444 e. The molecule has 0 saturated heterocycles. The predicted molar refractivity (Wildman–Crippen MR) is 91.8 cm³/mol. The van der Waals surface area contributed by atoms with E-state index in [2.05, 4.69) is 10.6 Å². The van der Waals surface area contributed by atoms with Gasteiger partial charge < -0.3 is 21.1 Å². The summed E-state index contributed by atoms with van der Waals surface area (Å²) in [7, 11) is 0. The van der Waals surface area contributed by atoms with E-state index in [9.17, 15) is 14.4 Å². The highest BCUT2D eigenvalue weighted by molar-refractivity contribution is 5.94. The minimum absolute atomic E-state index is 0.0375. The van der Waals surface area contributed by atoms with Crippen LogP contribution in [0.4, 0.5) is 16.2 Å². The van der Waals surface area contributed by atoms with Gasteiger partial charge in [-0.15, -0.1) is 0 Å². The standard InChI is InChI=1S/C16H24N4O5/c1-16(2,3)25-15(23)19-12(14(22)20-24)8-9-13(21)18-11-7-5-4-6-10(11)17/h4-7,12,24H,8-9,17H2,1-3H3,(H,18,21)(H,19,23)(H,20,22). The van der Waals surface area contributed by atoms with Crippen molar-refractivity contribution in [3.8, 4) is 0 Å². The maximum atomic E-state index is 12.0. The van der Waals surface area contributed by atoms with E-state index in [0.717, 1.165) is 0 Å². The highest BCUT2D eigenvalue weighted by Crippen LogP contribution is 2.17. The minimum Gasteiger partial charge on any atom is -0.444 e. The lowest BCUT2D eigenvalue weighted by Crippen LogP contribution is -2.47. The van der Waals surface area contributed by atoms with E-state index in [1.54, 1.807) is 45.0 Å². The Labute approximate surface area is 145 Å². The molecule has 0 spiro atoms. The van der Waals surface area contributed by atoms with Crippen LogP contribution in [0.15, 0.2) is 24.3 Å². The molecule has 6 N–H and O–H groups in total. The summed E-state index contributed by atoms with van der Waals surface area (Å²) in [6.07, 6.45) is -0.944. The topological polar surface area (TPSA) is 143 Å². The van der Waals surface area contributed by atoms with Gasteiger partial charge in [0.15, 0.2) is 0 Å². The molecular formula is C16H24N4O5. The summed E-state index contributed by atoms with van der Waals surface area (Å²) in [6, 6.07) is 5.61. The number of alkyl carbamates (subject to hydrolysis) is 1. The van der Waals surface area contributed by atoms with E-state index >= 15 is 0 Å². The van der Waals surface area contributed by atoms with Crippen molar-refractivity contribution < 1.29 is 24.3 Å². The van der Waals surface area contributed by atoms with Crippen molar-refractivity contribution in [1.29, 1.82) is 0 Å². The van der Waals surface area contributed by atoms with Gasteiger partial charge in [0.05, 0.1) is 11.4 Å². The van der Waals surface area contributed by atoms with Crippen molar-refractivity contribution in [3.05, 3.63) is 24.3 Å². The molecule has 0 heterocycles. The highest BCUT2D eigenvalue weighted by atomic mass is 16.6. The fourth-order valence-corrected chi connectivity index (χ4v) is 1.90. The lowest BCUT2D eigenvalue weighted by Gasteiger charge is -2.22. The van der Waals surface area contributed by atoms with Gasteiger partial charge in [-0.25, -0.2) is 10.3 Å². The van der Waals surface area contributed by atoms with Crippen LogP contribution in [-0.4, -0.2) is 34.8 Å². The predicted octanol–water partition coefficient (Wildman–Crippen LogP) is 1.39. The number of benzene rings is 1. The van der Waals surface area contributed by atoms with E-state index in [1.807, 2.05) is 0 Å². The highest BCUT2D eigenvalue weighted by Gasteiger charge is 2.24. The number of hydrogen-bond donors (Lipinski definition) is 5. The summed E-state index contributed by atoms with van der Waals surface area (Å²) in [5.41, 5.74) is 7.31. The third-order valence-electron chi connectivity index (χ3n) is 3.01. The molecule has 0 radical (unpaired) electrons. The molecule has 138 valence electrons. The number of anilines is 2. The normalized spacial score (nSPS) is 12.0. The summed E-state index contributed by atoms with van der Waals surface area (Å²) in [5.74, 6) is -1.24. The maximum Gasteiger partial charge on any atom is 0.408 e. The van der Waals surface area contributed by atoms with Crippen LogP contribution in [0.5, 0.6) is 0 Å². The Kier molecular flexibility index (Phi) is 7.19. The molecule has 0 aliphatic heterocycles. The van der Waals surface area contributed by atoms with Crippen molar-refractivity contribution in [2.75, 3.05) is 11.1 Å². The van der Waals surface area contributed by atoms with Crippen LogP contribution in [-0.2, 0) is 14.3 Å². The average Bonchev–Trinajstić information content (AvgIpc) is 2.51. The molecule has 0 bridgehead atoms. The first kappa shape index (κ1) is 20.2. The Hall–Kier alpha value is -2.81. The lowest BCUT2D eigenvalue weighted by molar-refractivity contribution is -0.131. The summed E-state index contributed by atoms with van der Waals surface area (Å²) in [4.78, 5) is 35.4. The molecule has 1 aromatic rings. The van der Waals surface area contributed by atoms with Crippen LogP contribution in [0.3, 0.4) is 0 Å². The molecule has 1 aromatic carbocycles. The number of carbonyl (C=O) groups is 3. The fraction of sp³-hybridized carbons (Fsp3) is 0.438. The van der Waals surface area contributed by atoms with Crippen molar-refractivity contribution in [1.82, 2.24) is 10.8 Å². The molecule has 1 atom stereocenters. The van der Waals surface area contributed by atoms with Gasteiger partial charge in [-0.3, -0.25) is 14.8 Å². The first-order chi connectivity index (χ1) is 11.6. The third kappa shape index (κ3) is 7.53. The number of carbonyl (C=O) groups excluding carboxylic acids is 3. The van der Waals surface area contributed by atoms with Gasteiger partial charge in [0.2, 0.25) is 5.91 Å². The zero-order chi connectivity index (χ0) is 19.0. The first-order valence-corrected chi connectivity index (χ1v) is 7.70. The minimum atomic E-state index is -1.13. The zero-order valence-electron chi connectivity index (χ0n) is 14.5. The smallest absolute Gasteiger partial charge is 0.408 e. The quantitative estimate of drug-likeness (QED) is 0.297. The second-order valence-electron chi connectivity index (χ2n) is 6.35. The summed E-state index contributed by atoms with van der Waals surface area (Å²) >= 11 is 0. The molecular weight excluding hydrogens is 328 g/mol. The van der Waals surface area contributed by atoms with Gasteiger partial charge >= 0.3 is 6.09 Å². The number of nitrogens with one attached hydrogen (secondary N) is 3. The SMILES string of the molecule is CC(C)(C)OC(=O)NC(CCC(=O)Nc1ccccc1N)C(=O)NO. The van der Waals surface area contributed by atoms with Gasteiger partial charge in [0.25, 0.3) is 5.91 Å². The number of nitrogens with two attached hydrogens (primary N) is 1. The van der Waals surface area contributed by atoms with Crippen LogP contribution in [0.2, 0.25) is 0 Å².